The molecule has 1 N–H and O–H groups in total. The van der Waals surface area contributed by atoms with Crippen molar-refractivity contribution >= 4 is 21.4 Å². The van der Waals surface area contributed by atoms with Crippen molar-refractivity contribution < 1.29 is 13.2 Å². The summed E-state index contributed by atoms with van der Waals surface area (Å²) in [5.41, 5.74) is 1.65. The highest BCUT2D eigenvalue weighted by atomic mass is 32.2. The molecule has 0 atom stereocenters. The van der Waals surface area contributed by atoms with E-state index in [1.807, 2.05) is 6.92 Å². The molecule has 1 fully saturated rings. The van der Waals surface area contributed by atoms with Crippen LogP contribution >= 0.6 is 0 Å². The van der Waals surface area contributed by atoms with Crippen LogP contribution in [0.1, 0.15) is 41.5 Å². The van der Waals surface area contributed by atoms with E-state index in [1.54, 1.807) is 11.0 Å². The van der Waals surface area contributed by atoms with Crippen LogP contribution in [0.15, 0.2) is 10.9 Å². The standard InChI is InChI=1S/C15H18N4O4S/c1-2-9-7-12-16-13-11(14(20)19(12)17-9)8-18(15(13)21)10-3-5-24(22,23)6-4-10/h7,10,17H,2-6,8H2,1H3. The van der Waals surface area contributed by atoms with E-state index in [4.69, 9.17) is 0 Å². The van der Waals surface area contributed by atoms with E-state index in [2.05, 4.69) is 10.1 Å². The number of aryl methyl sites for hydroxylation is 1. The molecule has 8 nitrogen and oxygen atoms in total. The zero-order chi connectivity index (χ0) is 17.1. The summed E-state index contributed by atoms with van der Waals surface area (Å²) in [4.78, 5) is 31.3. The zero-order valence-corrected chi connectivity index (χ0v) is 14.1. The van der Waals surface area contributed by atoms with Gasteiger partial charge in [-0.2, -0.15) is 0 Å². The summed E-state index contributed by atoms with van der Waals surface area (Å²) >= 11 is 0. The first-order valence-electron chi connectivity index (χ1n) is 8.04. The van der Waals surface area contributed by atoms with Gasteiger partial charge in [0, 0.05) is 17.8 Å². The van der Waals surface area contributed by atoms with Gasteiger partial charge < -0.3 is 4.90 Å². The first-order valence-corrected chi connectivity index (χ1v) is 9.86. The first kappa shape index (κ1) is 15.4. The molecule has 0 aliphatic carbocycles. The molecule has 4 rings (SSSR count). The minimum absolute atomic E-state index is 0.0882. The Labute approximate surface area is 138 Å². The van der Waals surface area contributed by atoms with Crippen LogP contribution < -0.4 is 5.56 Å². The smallest absolute Gasteiger partial charge is 0.278 e. The summed E-state index contributed by atoms with van der Waals surface area (Å²) in [6.45, 7) is 2.17. The number of amides is 1. The van der Waals surface area contributed by atoms with Crippen molar-refractivity contribution in [2.45, 2.75) is 38.8 Å². The molecule has 0 unspecified atom stereocenters. The van der Waals surface area contributed by atoms with Gasteiger partial charge in [-0.1, -0.05) is 6.92 Å². The van der Waals surface area contributed by atoms with Crippen LogP contribution in [0.2, 0.25) is 0 Å². The second-order valence-electron chi connectivity index (χ2n) is 6.39. The lowest BCUT2D eigenvalue weighted by molar-refractivity contribution is 0.0687. The van der Waals surface area contributed by atoms with Gasteiger partial charge in [-0.25, -0.2) is 17.9 Å². The monoisotopic (exact) mass is 350 g/mol. The van der Waals surface area contributed by atoms with E-state index in [1.165, 1.54) is 4.52 Å². The Balaban J connectivity index is 1.70. The van der Waals surface area contributed by atoms with Gasteiger partial charge in [0.1, 0.15) is 15.5 Å². The van der Waals surface area contributed by atoms with Crippen LogP contribution in [0.3, 0.4) is 0 Å². The van der Waals surface area contributed by atoms with Crippen LogP contribution in [-0.4, -0.2) is 51.4 Å². The molecule has 1 saturated heterocycles. The maximum atomic E-state index is 12.7. The SMILES string of the molecule is CCc1cc2nc3c(c(=O)n2[nH]1)CN(C1CCS(=O)(=O)CC1)C3=O. The summed E-state index contributed by atoms with van der Waals surface area (Å²) < 4.78 is 24.5. The molecule has 2 aromatic heterocycles. The van der Waals surface area contributed by atoms with E-state index in [0.29, 0.717) is 24.1 Å². The lowest BCUT2D eigenvalue weighted by Gasteiger charge is -2.30. The van der Waals surface area contributed by atoms with Gasteiger partial charge in [0.05, 0.1) is 23.6 Å². The number of sulfone groups is 1. The van der Waals surface area contributed by atoms with Crippen molar-refractivity contribution in [2.24, 2.45) is 0 Å². The fourth-order valence-corrected chi connectivity index (χ4v) is 4.94. The van der Waals surface area contributed by atoms with Gasteiger partial charge in [0.15, 0.2) is 5.65 Å². The van der Waals surface area contributed by atoms with Crippen molar-refractivity contribution in [3.8, 4) is 0 Å². The maximum absolute atomic E-state index is 12.7. The number of hydrogen-bond donors (Lipinski definition) is 1. The second-order valence-corrected chi connectivity index (χ2v) is 8.69. The summed E-state index contributed by atoms with van der Waals surface area (Å²) in [5, 5.41) is 3.00. The predicted octanol–water partition coefficient (Wildman–Crippen LogP) is 0.118. The zero-order valence-electron chi connectivity index (χ0n) is 13.3. The average Bonchev–Trinajstić information content (AvgIpc) is 3.11. The van der Waals surface area contributed by atoms with Crippen LogP contribution in [0, 0.1) is 0 Å². The molecule has 0 bridgehead atoms. The number of fused-ring (bicyclic) bond motifs is 2. The Kier molecular flexibility index (Phi) is 3.31. The van der Waals surface area contributed by atoms with Crippen molar-refractivity contribution in [2.75, 3.05) is 11.5 Å². The Morgan fingerprint density at radius 2 is 2.00 bits per heavy atom. The number of carbonyl (C=O) groups is 1. The quantitative estimate of drug-likeness (QED) is 0.828. The van der Waals surface area contributed by atoms with E-state index in [9.17, 15) is 18.0 Å². The minimum atomic E-state index is -2.99. The van der Waals surface area contributed by atoms with Crippen LogP contribution in [-0.2, 0) is 22.8 Å². The van der Waals surface area contributed by atoms with Gasteiger partial charge in [-0.15, -0.1) is 0 Å². The minimum Gasteiger partial charge on any atom is -0.330 e. The highest BCUT2D eigenvalue weighted by Crippen LogP contribution is 2.27. The molecule has 2 aromatic rings. The van der Waals surface area contributed by atoms with Crippen LogP contribution in [0.5, 0.6) is 0 Å². The lowest BCUT2D eigenvalue weighted by atomic mass is 10.1. The summed E-state index contributed by atoms with van der Waals surface area (Å²) in [5.74, 6) is -0.0939. The number of carbonyl (C=O) groups excluding carboxylic acids is 1. The molecule has 2 aliphatic rings. The molecule has 0 radical (unpaired) electrons. The van der Waals surface area contributed by atoms with Gasteiger partial charge in [-0.05, 0) is 19.3 Å². The molecule has 9 heteroatoms. The number of H-pyrrole nitrogens is 1. The number of aromatic amines is 1. The number of rotatable bonds is 2. The molecule has 0 spiro atoms. The van der Waals surface area contributed by atoms with Crippen LogP contribution in [0.4, 0.5) is 0 Å². The second kappa shape index (κ2) is 5.17. The van der Waals surface area contributed by atoms with Gasteiger partial charge >= 0.3 is 0 Å². The number of aromatic nitrogens is 3. The van der Waals surface area contributed by atoms with E-state index >= 15 is 0 Å². The Hall–Kier alpha value is -2.16. The van der Waals surface area contributed by atoms with Crippen molar-refractivity contribution in [3.63, 3.8) is 0 Å². The highest BCUT2D eigenvalue weighted by Gasteiger charge is 2.38. The third kappa shape index (κ3) is 2.26. The normalized spacial score (nSPS) is 20.7. The fourth-order valence-electron chi connectivity index (χ4n) is 3.47. The molecule has 128 valence electrons. The van der Waals surface area contributed by atoms with Crippen LogP contribution in [0.25, 0.3) is 5.65 Å². The lowest BCUT2D eigenvalue weighted by Crippen LogP contribution is -2.41. The Bertz CT molecular complexity index is 990. The van der Waals surface area contributed by atoms with E-state index < -0.39 is 9.84 Å². The Morgan fingerprint density at radius 3 is 2.67 bits per heavy atom. The number of hydrogen-bond acceptors (Lipinski definition) is 5. The molecular weight excluding hydrogens is 332 g/mol. The van der Waals surface area contributed by atoms with Crippen molar-refractivity contribution in [1.29, 1.82) is 0 Å². The predicted molar refractivity (Wildman–Crippen MR) is 86.7 cm³/mol. The summed E-state index contributed by atoms with van der Waals surface area (Å²) in [6, 6.07) is 1.62. The van der Waals surface area contributed by atoms with Gasteiger partial charge in [0.25, 0.3) is 11.5 Å². The molecule has 24 heavy (non-hydrogen) atoms. The average molecular weight is 350 g/mol. The highest BCUT2D eigenvalue weighted by molar-refractivity contribution is 7.91. The van der Waals surface area contributed by atoms with Crippen molar-refractivity contribution in [3.05, 3.63) is 33.4 Å². The molecule has 0 saturated carbocycles. The third-order valence-electron chi connectivity index (χ3n) is 4.90. The fraction of sp³-hybridized carbons (Fsp3) is 0.533. The summed E-state index contributed by atoms with van der Waals surface area (Å²) in [7, 11) is -2.99. The molecular formula is C15H18N4O4S. The molecule has 2 aliphatic heterocycles. The van der Waals surface area contributed by atoms with Crippen molar-refractivity contribution in [1.82, 2.24) is 19.5 Å². The summed E-state index contributed by atoms with van der Waals surface area (Å²) in [6.07, 6.45) is 1.58. The van der Waals surface area contributed by atoms with Gasteiger partial charge in [-0.3, -0.25) is 14.7 Å². The van der Waals surface area contributed by atoms with E-state index in [-0.39, 0.29) is 41.3 Å². The number of nitrogens with one attached hydrogen (secondary N) is 1. The molecule has 1 amide bonds. The molecule has 0 aromatic carbocycles. The third-order valence-corrected chi connectivity index (χ3v) is 6.61. The topological polar surface area (TPSA) is 105 Å². The number of nitrogens with zero attached hydrogens (tertiary/aromatic N) is 3. The van der Waals surface area contributed by atoms with E-state index in [0.717, 1.165) is 12.1 Å². The largest absolute Gasteiger partial charge is 0.330 e. The Morgan fingerprint density at radius 1 is 1.29 bits per heavy atom. The van der Waals surface area contributed by atoms with Gasteiger partial charge in [0.2, 0.25) is 0 Å². The molecule has 4 heterocycles. The first-order chi connectivity index (χ1) is 11.4. The maximum Gasteiger partial charge on any atom is 0.278 e.